The zero-order valence-electron chi connectivity index (χ0n) is 9.37. The summed E-state index contributed by atoms with van der Waals surface area (Å²) in [7, 11) is 0. The van der Waals surface area contributed by atoms with Crippen LogP contribution in [0.4, 0.5) is 0 Å². The van der Waals surface area contributed by atoms with Gasteiger partial charge < -0.3 is 5.32 Å². The van der Waals surface area contributed by atoms with E-state index in [4.69, 9.17) is 0 Å². The number of nitrogens with zero attached hydrogens (tertiary/aromatic N) is 3. The maximum Gasteiger partial charge on any atom is 0.224 e. The van der Waals surface area contributed by atoms with Gasteiger partial charge in [-0.1, -0.05) is 0 Å². The number of nitrogens with one attached hydrogen (secondary N) is 1. The number of carbonyl (C=O) groups is 1. The predicted molar refractivity (Wildman–Crippen MR) is 65.7 cm³/mol. The molecule has 0 bridgehead atoms. The fourth-order valence-corrected chi connectivity index (χ4v) is 2.13. The summed E-state index contributed by atoms with van der Waals surface area (Å²) >= 11 is 1.61. The summed E-state index contributed by atoms with van der Waals surface area (Å²) in [4.78, 5) is 15.4. The molecular formula is C11H14N4OS. The Morgan fingerprint density at radius 2 is 2.47 bits per heavy atom. The first-order valence-corrected chi connectivity index (χ1v) is 6.39. The highest BCUT2D eigenvalue weighted by atomic mass is 32.1. The Balaban J connectivity index is 1.60. The third kappa shape index (κ3) is 3.99. The number of thiophene rings is 1. The molecule has 1 amide bonds. The third-order valence-corrected chi connectivity index (χ3v) is 3.03. The lowest BCUT2D eigenvalue weighted by atomic mass is 10.2. The molecule has 90 valence electrons. The van der Waals surface area contributed by atoms with Crippen LogP contribution in [-0.2, 0) is 17.8 Å². The van der Waals surface area contributed by atoms with Crippen LogP contribution in [0.15, 0.2) is 29.5 Å². The van der Waals surface area contributed by atoms with Crippen molar-refractivity contribution in [3.8, 4) is 0 Å². The van der Waals surface area contributed by atoms with Crippen LogP contribution in [0, 0.1) is 0 Å². The van der Waals surface area contributed by atoms with Crippen molar-refractivity contribution >= 4 is 17.2 Å². The summed E-state index contributed by atoms with van der Waals surface area (Å²) < 4.78 is 1.75. The molecule has 17 heavy (non-hydrogen) atoms. The van der Waals surface area contributed by atoms with E-state index in [1.807, 2.05) is 16.8 Å². The number of carbonyl (C=O) groups excluding carboxylic acids is 1. The van der Waals surface area contributed by atoms with Gasteiger partial charge in [-0.3, -0.25) is 9.48 Å². The summed E-state index contributed by atoms with van der Waals surface area (Å²) in [5, 5.41) is 10.8. The van der Waals surface area contributed by atoms with Crippen molar-refractivity contribution < 1.29 is 4.79 Å². The van der Waals surface area contributed by atoms with E-state index in [1.165, 1.54) is 6.33 Å². The summed E-state index contributed by atoms with van der Waals surface area (Å²) in [6.45, 7) is 1.45. The lowest BCUT2D eigenvalue weighted by molar-refractivity contribution is -0.120. The van der Waals surface area contributed by atoms with Crippen molar-refractivity contribution in [3.63, 3.8) is 0 Å². The lowest BCUT2D eigenvalue weighted by Crippen LogP contribution is -2.26. The molecule has 0 unspecified atom stereocenters. The highest BCUT2D eigenvalue weighted by Crippen LogP contribution is 2.06. The average molecular weight is 250 g/mol. The molecule has 6 heteroatoms. The number of rotatable bonds is 6. The van der Waals surface area contributed by atoms with Crippen LogP contribution in [0.2, 0.25) is 0 Å². The summed E-state index contributed by atoms with van der Waals surface area (Å²) in [5.41, 5.74) is 1.07. The van der Waals surface area contributed by atoms with Gasteiger partial charge in [-0.15, -0.1) is 0 Å². The van der Waals surface area contributed by atoms with E-state index in [2.05, 4.69) is 15.4 Å². The Morgan fingerprint density at radius 3 is 3.18 bits per heavy atom. The molecule has 2 aromatic heterocycles. The van der Waals surface area contributed by atoms with Crippen LogP contribution < -0.4 is 5.32 Å². The third-order valence-electron chi connectivity index (χ3n) is 2.30. The maximum absolute atomic E-state index is 11.5. The minimum absolute atomic E-state index is 0.0713. The van der Waals surface area contributed by atoms with E-state index in [9.17, 15) is 4.79 Å². The van der Waals surface area contributed by atoms with Gasteiger partial charge in [0.2, 0.25) is 5.91 Å². The van der Waals surface area contributed by atoms with Gasteiger partial charge in [-0.05, 0) is 28.8 Å². The Morgan fingerprint density at radius 1 is 1.53 bits per heavy atom. The van der Waals surface area contributed by atoms with E-state index >= 15 is 0 Å². The fourth-order valence-electron chi connectivity index (χ4n) is 1.46. The molecule has 2 heterocycles. The van der Waals surface area contributed by atoms with Crippen LogP contribution in [0.1, 0.15) is 12.0 Å². The van der Waals surface area contributed by atoms with Crippen molar-refractivity contribution in [2.45, 2.75) is 19.4 Å². The van der Waals surface area contributed by atoms with E-state index < -0.39 is 0 Å². The first-order valence-electron chi connectivity index (χ1n) is 5.45. The van der Waals surface area contributed by atoms with Crippen LogP contribution in [0.3, 0.4) is 0 Å². The van der Waals surface area contributed by atoms with Crippen molar-refractivity contribution in [2.75, 3.05) is 6.54 Å². The molecule has 0 spiro atoms. The fraction of sp³-hybridized carbons (Fsp3) is 0.364. The number of aryl methyl sites for hydroxylation is 1. The first kappa shape index (κ1) is 11.8. The van der Waals surface area contributed by atoms with E-state index in [0.717, 1.165) is 18.5 Å². The zero-order chi connectivity index (χ0) is 11.9. The summed E-state index contributed by atoms with van der Waals surface area (Å²) in [6, 6.07) is 1.97. The molecule has 0 radical (unpaired) electrons. The van der Waals surface area contributed by atoms with E-state index in [1.54, 1.807) is 22.3 Å². The predicted octanol–water partition coefficient (Wildman–Crippen LogP) is 1.09. The minimum atomic E-state index is 0.0713. The molecule has 0 saturated carbocycles. The van der Waals surface area contributed by atoms with Crippen LogP contribution in [-0.4, -0.2) is 27.2 Å². The Hall–Kier alpha value is -1.69. The van der Waals surface area contributed by atoms with Crippen molar-refractivity contribution in [3.05, 3.63) is 35.0 Å². The van der Waals surface area contributed by atoms with Gasteiger partial charge in [0, 0.05) is 13.1 Å². The first-order chi connectivity index (χ1) is 8.34. The summed E-state index contributed by atoms with van der Waals surface area (Å²) in [6.07, 6.45) is 4.51. The highest BCUT2D eigenvalue weighted by Gasteiger charge is 2.02. The number of amides is 1. The Bertz CT molecular complexity index is 438. The number of hydrogen-bond acceptors (Lipinski definition) is 4. The van der Waals surface area contributed by atoms with Gasteiger partial charge in [-0.2, -0.15) is 16.4 Å². The average Bonchev–Trinajstić information content (AvgIpc) is 2.96. The normalized spacial score (nSPS) is 10.4. The molecule has 0 saturated heterocycles. The van der Waals surface area contributed by atoms with Gasteiger partial charge in [0.25, 0.3) is 0 Å². The molecule has 2 rings (SSSR count). The van der Waals surface area contributed by atoms with Gasteiger partial charge in [0.05, 0.1) is 6.42 Å². The molecule has 1 N–H and O–H groups in total. The molecule has 5 nitrogen and oxygen atoms in total. The molecule has 2 aromatic rings. The molecule has 0 aromatic carbocycles. The lowest BCUT2D eigenvalue weighted by Gasteiger charge is -2.04. The van der Waals surface area contributed by atoms with Crippen molar-refractivity contribution in [1.82, 2.24) is 20.1 Å². The van der Waals surface area contributed by atoms with Gasteiger partial charge >= 0.3 is 0 Å². The molecule has 0 fully saturated rings. The van der Waals surface area contributed by atoms with Gasteiger partial charge in [0.15, 0.2) is 0 Å². The number of hydrogen-bond donors (Lipinski definition) is 1. The smallest absolute Gasteiger partial charge is 0.224 e. The molecule has 0 aliphatic carbocycles. The monoisotopic (exact) mass is 250 g/mol. The molecule has 0 aliphatic rings. The number of aromatic nitrogens is 3. The second-order valence-electron chi connectivity index (χ2n) is 3.67. The molecular weight excluding hydrogens is 236 g/mol. The molecule has 0 aliphatic heterocycles. The second kappa shape index (κ2) is 6.15. The van der Waals surface area contributed by atoms with Crippen LogP contribution in [0.5, 0.6) is 0 Å². The van der Waals surface area contributed by atoms with Crippen LogP contribution >= 0.6 is 11.3 Å². The summed E-state index contributed by atoms with van der Waals surface area (Å²) in [5.74, 6) is 0.0713. The van der Waals surface area contributed by atoms with Gasteiger partial charge in [0.1, 0.15) is 12.7 Å². The zero-order valence-corrected chi connectivity index (χ0v) is 10.2. The Labute approximate surface area is 103 Å². The largest absolute Gasteiger partial charge is 0.356 e. The van der Waals surface area contributed by atoms with Crippen molar-refractivity contribution in [1.29, 1.82) is 0 Å². The topological polar surface area (TPSA) is 59.8 Å². The highest BCUT2D eigenvalue weighted by molar-refractivity contribution is 7.07. The molecule has 0 atom stereocenters. The van der Waals surface area contributed by atoms with Crippen molar-refractivity contribution in [2.24, 2.45) is 0 Å². The second-order valence-corrected chi connectivity index (χ2v) is 4.45. The standard InChI is InChI=1S/C11H14N4OS/c16-11(6-10-2-5-17-7-10)13-3-1-4-15-9-12-8-14-15/h2,5,7-9H,1,3-4,6H2,(H,13,16). The van der Waals surface area contributed by atoms with Crippen LogP contribution in [0.25, 0.3) is 0 Å². The van der Waals surface area contributed by atoms with E-state index in [-0.39, 0.29) is 5.91 Å². The maximum atomic E-state index is 11.5. The quantitative estimate of drug-likeness (QED) is 0.781. The Kier molecular flexibility index (Phi) is 4.26. The minimum Gasteiger partial charge on any atom is -0.356 e. The SMILES string of the molecule is O=C(Cc1ccsc1)NCCCn1cncn1. The van der Waals surface area contributed by atoms with Gasteiger partial charge in [-0.25, -0.2) is 4.98 Å². The van der Waals surface area contributed by atoms with E-state index in [0.29, 0.717) is 13.0 Å².